The van der Waals surface area contributed by atoms with E-state index in [1.807, 2.05) is 33.8 Å². The second kappa shape index (κ2) is 7.41. The Labute approximate surface area is 145 Å². The minimum absolute atomic E-state index is 0.00317. The van der Waals surface area contributed by atoms with Gasteiger partial charge in [-0.05, 0) is 53.5 Å². The first-order valence-electron chi connectivity index (χ1n) is 8.96. The van der Waals surface area contributed by atoms with Gasteiger partial charge >= 0.3 is 0 Å². The summed E-state index contributed by atoms with van der Waals surface area (Å²) in [6, 6.07) is 2.45. The summed E-state index contributed by atoms with van der Waals surface area (Å²) in [6.07, 6.45) is 6.20. The number of rotatable bonds is 4. The molecule has 0 saturated heterocycles. The van der Waals surface area contributed by atoms with Crippen molar-refractivity contribution in [1.29, 1.82) is 0 Å². The Bertz CT molecular complexity index is 605. The molecule has 0 aliphatic heterocycles. The SMILES string of the molecule is Cc1cc(C(=O)NCC(=O)NC(C)(C)C)c(C)n1C1CCCCC1. The van der Waals surface area contributed by atoms with E-state index in [4.69, 9.17) is 0 Å². The Morgan fingerprint density at radius 1 is 1.17 bits per heavy atom. The van der Waals surface area contributed by atoms with Crippen molar-refractivity contribution in [1.82, 2.24) is 15.2 Å². The zero-order valence-electron chi connectivity index (χ0n) is 15.7. The van der Waals surface area contributed by atoms with Crippen molar-refractivity contribution in [3.63, 3.8) is 0 Å². The van der Waals surface area contributed by atoms with Crippen LogP contribution in [0.2, 0.25) is 0 Å². The number of hydrogen-bond acceptors (Lipinski definition) is 2. The fourth-order valence-corrected chi connectivity index (χ4v) is 3.63. The average molecular weight is 333 g/mol. The fourth-order valence-electron chi connectivity index (χ4n) is 3.63. The van der Waals surface area contributed by atoms with Gasteiger partial charge in [-0.3, -0.25) is 9.59 Å². The van der Waals surface area contributed by atoms with Gasteiger partial charge in [0.2, 0.25) is 5.91 Å². The third-order valence-electron chi connectivity index (χ3n) is 4.59. The minimum atomic E-state index is -0.293. The summed E-state index contributed by atoms with van der Waals surface area (Å²) < 4.78 is 2.31. The van der Waals surface area contributed by atoms with Crippen LogP contribution in [0.4, 0.5) is 0 Å². The highest BCUT2D eigenvalue weighted by Crippen LogP contribution is 2.32. The lowest BCUT2D eigenvalue weighted by atomic mass is 9.95. The lowest BCUT2D eigenvalue weighted by Gasteiger charge is -2.26. The van der Waals surface area contributed by atoms with Gasteiger partial charge in [0.05, 0.1) is 12.1 Å². The number of carbonyl (C=O) groups is 2. The van der Waals surface area contributed by atoms with E-state index in [0.717, 1.165) is 11.4 Å². The van der Waals surface area contributed by atoms with E-state index < -0.39 is 0 Å². The van der Waals surface area contributed by atoms with Crippen molar-refractivity contribution in [2.45, 2.75) is 78.3 Å². The molecule has 0 radical (unpaired) electrons. The molecule has 1 heterocycles. The van der Waals surface area contributed by atoms with Crippen molar-refractivity contribution in [3.05, 3.63) is 23.0 Å². The molecule has 0 bridgehead atoms. The molecular formula is C19H31N3O2. The molecule has 2 rings (SSSR count). The lowest BCUT2D eigenvalue weighted by Crippen LogP contribution is -2.45. The van der Waals surface area contributed by atoms with Gasteiger partial charge in [-0.15, -0.1) is 0 Å². The van der Waals surface area contributed by atoms with Crippen molar-refractivity contribution in [2.24, 2.45) is 0 Å². The van der Waals surface area contributed by atoms with Crippen LogP contribution in [0.3, 0.4) is 0 Å². The van der Waals surface area contributed by atoms with Crippen LogP contribution in [0.1, 0.15) is 80.7 Å². The summed E-state index contributed by atoms with van der Waals surface area (Å²) in [5.41, 5.74) is 2.52. The second-order valence-corrected chi connectivity index (χ2v) is 7.93. The predicted molar refractivity (Wildman–Crippen MR) is 96.3 cm³/mol. The van der Waals surface area contributed by atoms with Crippen molar-refractivity contribution >= 4 is 11.8 Å². The standard InChI is InChI=1S/C19H31N3O2/c1-13-11-16(14(2)22(13)15-9-7-6-8-10-15)18(24)20-12-17(23)21-19(3,4)5/h11,15H,6-10,12H2,1-5H3,(H,20,24)(H,21,23). The maximum Gasteiger partial charge on any atom is 0.253 e. The van der Waals surface area contributed by atoms with Crippen LogP contribution in [-0.4, -0.2) is 28.5 Å². The van der Waals surface area contributed by atoms with Gasteiger partial charge in [0.1, 0.15) is 0 Å². The highest BCUT2D eigenvalue weighted by molar-refractivity contribution is 5.97. The number of nitrogens with zero attached hydrogens (tertiary/aromatic N) is 1. The number of carbonyl (C=O) groups excluding carboxylic acids is 2. The molecule has 0 atom stereocenters. The van der Waals surface area contributed by atoms with E-state index in [9.17, 15) is 9.59 Å². The molecule has 1 aliphatic rings. The van der Waals surface area contributed by atoms with Gasteiger partial charge in [0.25, 0.3) is 5.91 Å². The van der Waals surface area contributed by atoms with Gasteiger partial charge in [-0.1, -0.05) is 19.3 Å². The zero-order valence-corrected chi connectivity index (χ0v) is 15.7. The van der Waals surface area contributed by atoms with E-state index in [-0.39, 0.29) is 23.9 Å². The van der Waals surface area contributed by atoms with Crippen molar-refractivity contribution in [3.8, 4) is 0 Å². The molecule has 0 aromatic carbocycles. The van der Waals surface area contributed by atoms with E-state index >= 15 is 0 Å². The molecule has 0 unspecified atom stereocenters. The van der Waals surface area contributed by atoms with Crippen LogP contribution in [0.5, 0.6) is 0 Å². The molecular weight excluding hydrogens is 302 g/mol. The van der Waals surface area contributed by atoms with E-state index in [1.54, 1.807) is 0 Å². The van der Waals surface area contributed by atoms with Gasteiger partial charge in [-0.25, -0.2) is 0 Å². The first-order chi connectivity index (χ1) is 11.2. The molecule has 0 spiro atoms. The largest absolute Gasteiger partial charge is 0.350 e. The Hall–Kier alpha value is -1.78. The van der Waals surface area contributed by atoms with Gasteiger partial charge < -0.3 is 15.2 Å². The number of aromatic nitrogens is 1. The molecule has 5 nitrogen and oxygen atoms in total. The molecule has 1 aromatic heterocycles. The molecule has 24 heavy (non-hydrogen) atoms. The third kappa shape index (κ3) is 4.62. The topological polar surface area (TPSA) is 63.1 Å². The van der Waals surface area contributed by atoms with Gasteiger partial charge in [0, 0.05) is 23.0 Å². The maximum atomic E-state index is 12.5. The highest BCUT2D eigenvalue weighted by Gasteiger charge is 2.23. The Morgan fingerprint density at radius 3 is 2.38 bits per heavy atom. The number of amides is 2. The molecule has 2 N–H and O–H groups in total. The Kier molecular flexibility index (Phi) is 5.73. The summed E-state index contributed by atoms with van der Waals surface area (Å²) in [5.74, 6) is -0.342. The maximum absolute atomic E-state index is 12.5. The van der Waals surface area contributed by atoms with Gasteiger partial charge in [-0.2, -0.15) is 0 Å². The summed E-state index contributed by atoms with van der Waals surface area (Å²) in [7, 11) is 0. The monoisotopic (exact) mass is 333 g/mol. The molecule has 134 valence electrons. The second-order valence-electron chi connectivity index (χ2n) is 7.93. The predicted octanol–water partition coefficient (Wildman–Crippen LogP) is 3.25. The smallest absolute Gasteiger partial charge is 0.253 e. The molecule has 1 aliphatic carbocycles. The Balaban J connectivity index is 2.03. The van der Waals surface area contributed by atoms with E-state index in [1.165, 1.54) is 32.1 Å². The normalized spacial score (nSPS) is 16.0. The third-order valence-corrected chi connectivity index (χ3v) is 4.59. The quantitative estimate of drug-likeness (QED) is 0.888. The van der Waals surface area contributed by atoms with Crippen LogP contribution < -0.4 is 10.6 Å². The van der Waals surface area contributed by atoms with E-state index in [2.05, 4.69) is 22.1 Å². The molecule has 1 aromatic rings. The minimum Gasteiger partial charge on any atom is -0.350 e. The van der Waals surface area contributed by atoms with E-state index in [0.29, 0.717) is 11.6 Å². The lowest BCUT2D eigenvalue weighted by molar-refractivity contribution is -0.121. The summed E-state index contributed by atoms with van der Waals surface area (Å²) in [6.45, 7) is 9.83. The highest BCUT2D eigenvalue weighted by atomic mass is 16.2. The zero-order chi connectivity index (χ0) is 17.9. The van der Waals surface area contributed by atoms with Gasteiger partial charge in [0.15, 0.2) is 0 Å². The first-order valence-corrected chi connectivity index (χ1v) is 8.96. The molecule has 1 saturated carbocycles. The van der Waals surface area contributed by atoms with Crippen molar-refractivity contribution < 1.29 is 9.59 Å². The number of aryl methyl sites for hydroxylation is 1. The molecule has 5 heteroatoms. The summed E-state index contributed by atoms with van der Waals surface area (Å²) in [4.78, 5) is 24.3. The first kappa shape index (κ1) is 18.6. The van der Waals surface area contributed by atoms with Crippen molar-refractivity contribution in [2.75, 3.05) is 6.54 Å². The van der Waals surface area contributed by atoms with Crippen LogP contribution in [0.15, 0.2) is 6.07 Å². The van der Waals surface area contributed by atoms with Crippen LogP contribution in [-0.2, 0) is 4.79 Å². The fraction of sp³-hybridized carbons (Fsp3) is 0.684. The number of nitrogens with one attached hydrogen (secondary N) is 2. The van der Waals surface area contributed by atoms with Crippen LogP contribution >= 0.6 is 0 Å². The number of hydrogen-bond donors (Lipinski definition) is 2. The van der Waals surface area contributed by atoms with Crippen LogP contribution in [0.25, 0.3) is 0 Å². The van der Waals surface area contributed by atoms with Crippen LogP contribution in [0, 0.1) is 13.8 Å². The average Bonchev–Trinajstić information content (AvgIpc) is 2.79. The summed E-state index contributed by atoms with van der Waals surface area (Å²) in [5, 5.41) is 5.59. The molecule has 2 amide bonds. The Morgan fingerprint density at radius 2 is 1.79 bits per heavy atom. The summed E-state index contributed by atoms with van der Waals surface area (Å²) >= 11 is 0. The molecule has 1 fully saturated rings.